The molecule has 1 aliphatic rings. The molecule has 2 atom stereocenters. The van der Waals surface area contributed by atoms with Gasteiger partial charge in [-0.25, -0.2) is 4.79 Å². The van der Waals surface area contributed by atoms with Gasteiger partial charge in [0.25, 0.3) is 0 Å². The first-order valence-electron chi connectivity index (χ1n) is 11.4. The third-order valence-electron chi connectivity index (χ3n) is 6.32. The van der Waals surface area contributed by atoms with Crippen LogP contribution in [0.15, 0.2) is 48.5 Å². The van der Waals surface area contributed by atoms with Gasteiger partial charge < -0.3 is 20.5 Å². The molecule has 33 heavy (non-hydrogen) atoms. The summed E-state index contributed by atoms with van der Waals surface area (Å²) < 4.78 is 5.58. The molecule has 3 rings (SSSR count). The predicted molar refractivity (Wildman–Crippen MR) is 126 cm³/mol. The lowest BCUT2D eigenvalue weighted by Gasteiger charge is -2.30. The molecule has 0 saturated carbocycles. The van der Waals surface area contributed by atoms with E-state index in [2.05, 4.69) is 22.8 Å². The van der Waals surface area contributed by atoms with E-state index in [4.69, 9.17) is 9.84 Å². The Hall–Kier alpha value is -3.35. The van der Waals surface area contributed by atoms with E-state index < -0.39 is 29.6 Å². The van der Waals surface area contributed by atoms with Gasteiger partial charge in [0.15, 0.2) is 0 Å². The molecule has 0 aliphatic heterocycles. The molecule has 7 heteroatoms. The molecule has 0 aromatic heterocycles. The highest BCUT2D eigenvalue weighted by atomic mass is 16.5. The number of carboxylic acid groups (broad SMARTS) is 1. The summed E-state index contributed by atoms with van der Waals surface area (Å²) in [6, 6.07) is 15.7. The SMILES string of the molecule is CCC[C@H](CC(=O)O)NC(=O)C(C)(CC)NC(=O)OCC1c2ccccc2-c2ccccc21. The molecule has 7 nitrogen and oxygen atoms in total. The van der Waals surface area contributed by atoms with Crippen LogP contribution >= 0.6 is 0 Å². The third-order valence-corrected chi connectivity index (χ3v) is 6.32. The van der Waals surface area contributed by atoms with Crippen LogP contribution in [0, 0.1) is 0 Å². The smallest absolute Gasteiger partial charge is 0.408 e. The number of rotatable bonds is 10. The first-order valence-corrected chi connectivity index (χ1v) is 11.4. The zero-order valence-corrected chi connectivity index (χ0v) is 19.4. The molecular weight excluding hydrogens is 420 g/mol. The number of nitrogens with one attached hydrogen (secondary N) is 2. The minimum Gasteiger partial charge on any atom is -0.481 e. The van der Waals surface area contributed by atoms with Gasteiger partial charge in [-0.05, 0) is 42.0 Å². The number of ether oxygens (including phenoxy) is 1. The normalized spacial score (nSPS) is 15.0. The van der Waals surface area contributed by atoms with Gasteiger partial charge in [-0.3, -0.25) is 9.59 Å². The summed E-state index contributed by atoms with van der Waals surface area (Å²) in [6.07, 6.45) is 0.768. The predicted octanol–water partition coefficient (Wildman–Crippen LogP) is 4.45. The summed E-state index contributed by atoms with van der Waals surface area (Å²) in [5.74, 6) is -1.47. The molecule has 0 bridgehead atoms. The second kappa shape index (κ2) is 10.5. The van der Waals surface area contributed by atoms with Gasteiger partial charge in [-0.2, -0.15) is 0 Å². The summed E-state index contributed by atoms with van der Waals surface area (Å²) in [7, 11) is 0. The Kier molecular flexibility index (Phi) is 7.74. The van der Waals surface area contributed by atoms with Crippen molar-refractivity contribution in [2.45, 2.75) is 64.0 Å². The zero-order valence-electron chi connectivity index (χ0n) is 19.4. The average molecular weight is 453 g/mol. The van der Waals surface area contributed by atoms with E-state index in [0.29, 0.717) is 12.8 Å². The standard InChI is InChI=1S/C26H32N2O5/c1-4-10-17(15-23(29)30)27-24(31)26(3,5-2)28-25(32)33-16-22-20-13-8-6-11-18(20)19-12-7-9-14-21(19)22/h6-9,11-14,17,22H,4-5,10,15-16H2,1-3H3,(H,27,31)(H,28,32)(H,29,30)/t17-,26?/m1/s1. The summed E-state index contributed by atoms with van der Waals surface area (Å²) in [5.41, 5.74) is 3.28. The van der Waals surface area contributed by atoms with E-state index in [1.165, 1.54) is 0 Å². The van der Waals surface area contributed by atoms with Gasteiger partial charge in [0.05, 0.1) is 6.42 Å². The van der Waals surface area contributed by atoms with E-state index in [-0.39, 0.29) is 18.9 Å². The van der Waals surface area contributed by atoms with Crippen molar-refractivity contribution in [3.63, 3.8) is 0 Å². The van der Waals surface area contributed by atoms with Crippen molar-refractivity contribution in [1.29, 1.82) is 0 Å². The van der Waals surface area contributed by atoms with Gasteiger partial charge in [0.2, 0.25) is 5.91 Å². The number of benzene rings is 2. The lowest BCUT2D eigenvalue weighted by molar-refractivity contribution is -0.138. The lowest BCUT2D eigenvalue weighted by atomic mass is 9.96. The molecule has 2 aromatic rings. The number of carbonyl (C=O) groups is 3. The lowest BCUT2D eigenvalue weighted by Crippen LogP contribution is -2.58. The first kappa shape index (κ1) is 24.3. The Bertz CT molecular complexity index is 976. The molecule has 0 radical (unpaired) electrons. The van der Waals surface area contributed by atoms with Gasteiger partial charge in [-0.1, -0.05) is 68.8 Å². The molecule has 2 amide bonds. The number of carbonyl (C=O) groups excluding carboxylic acids is 2. The van der Waals surface area contributed by atoms with Crippen LogP contribution in [0.5, 0.6) is 0 Å². The minimum atomic E-state index is -1.22. The van der Waals surface area contributed by atoms with Crippen molar-refractivity contribution in [1.82, 2.24) is 10.6 Å². The Morgan fingerprint density at radius 1 is 1.03 bits per heavy atom. The van der Waals surface area contributed by atoms with Crippen LogP contribution in [-0.2, 0) is 14.3 Å². The zero-order chi connectivity index (χ0) is 24.0. The van der Waals surface area contributed by atoms with E-state index >= 15 is 0 Å². The molecule has 0 spiro atoms. The molecule has 0 saturated heterocycles. The number of carboxylic acids is 1. The number of alkyl carbamates (subject to hydrolysis) is 1. The Labute approximate surface area is 194 Å². The second-order valence-electron chi connectivity index (χ2n) is 8.69. The highest BCUT2D eigenvalue weighted by Gasteiger charge is 2.36. The van der Waals surface area contributed by atoms with Gasteiger partial charge >= 0.3 is 12.1 Å². The molecule has 1 aliphatic carbocycles. The first-order chi connectivity index (χ1) is 15.8. The van der Waals surface area contributed by atoms with Crippen molar-refractivity contribution >= 4 is 18.0 Å². The highest BCUT2D eigenvalue weighted by Crippen LogP contribution is 2.44. The van der Waals surface area contributed by atoms with Gasteiger partial charge in [-0.15, -0.1) is 0 Å². The molecule has 0 fully saturated rings. The van der Waals surface area contributed by atoms with Crippen LogP contribution in [0.3, 0.4) is 0 Å². The second-order valence-corrected chi connectivity index (χ2v) is 8.69. The van der Waals surface area contributed by atoms with Gasteiger partial charge in [0, 0.05) is 12.0 Å². The Morgan fingerprint density at radius 3 is 2.12 bits per heavy atom. The quantitative estimate of drug-likeness (QED) is 0.494. The molecular formula is C26H32N2O5. The molecule has 2 aromatic carbocycles. The summed E-state index contributed by atoms with van der Waals surface area (Å²) in [6.45, 7) is 5.48. The summed E-state index contributed by atoms with van der Waals surface area (Å²) in [4.78, 5) is 36.7. The van der Waals surface area contributed by atoms with Crippen LogP contribution in [0.1, 0.15) is 63.5 Å². The number of amides is 2. The van der Waals surface area contributed by atoms with Crippen LogP contribution in [0.25, 0.3) is 11.1 Å². The number of aliphatic carboxylic acids is 1. The van der Waals surface area contributed by atoms with Crippen molar-refractivity contribution in [3.8, 4) is 11.1 Å². The average Bonchev–Trinajstić information content (AvgIpc) is 3.11. The van der Waals surface area contributed by atoms with Crippen LogP contribution < -0.4 is 10.6 Å². The summed E-state index contributed by atoms with van der Waals surface area (Å²) in [5, 5.41) is 14.6. The monoisotopic (exact) mass is 452 g/mol. The largest absolute Gasteiger partial charge is 0.481 e. The fourth-order valence-electron chi connectivity index (χ4n) is 4.29. The van der Waals surface area contributed by atoms with Crippen LogP contribution in [-0.4, -0.2) is 41.3 Å². The maximum absolute atomic E-state index is 12.9. The van der Waals surface area contributed by atoms with E-state index in [9.17, 15) is 14.4 Å². The molecule has 0 heterocycles. The van der Waals surface area contributed by atoms with Crippen LogP contribution in [0.2, 0.25) is 0 Å². The molecule has 176 valence electrons. The van der Waals surface area contributed by atoms with E-state index in [1.54, 1.807) is 13.8 Å². The Morgan fingerprint density at radius 2 is 1.61 bits per heavy atom. The summed E-state index contributed by atoms with van der Waals surface area (Å²) >= 11 is 0. The minimum absolute atomic E-state index is 0.0747. The van der Waals surface area contributed by atoms with E-state index in [1.807, 2.05) is 43.3 Å². The maximum Gasteiger partial charge on any atom is 0.408 e. The van der Waals surface area contributed by atoms with Crippen LogP contribution in [0.4, 0.5) is 4.79 Å². The van der Waals surface area contributed by atoms with Crippen molar-refractivity contribution in [2.24, 2.45) is 0 Å². The number of hydrogen-bond donors (Lipinski definition) is 3. The van der Waals surface area contributed by atoms with Crippen molar-refractivity contribution in [2.75, 3.05) is 6.61 Å². The highest BCUT2D eigenvalue weighted by molar-refractivity contribution is 5.90. The maximum atomic E-state index is 12.9. The van der Waals surface area contributed by atoms with Crippen molar-refractivity contribution in [3.05, 3.63) is 59.7 Å². The third kappa shape index (κ3) is 5.53. The number of hydrogen-bond acceptors (Lipinski definition) is 4. The fraction of sp³-hybridized carbons (Fsp3) is 0.423. The topological polar surface area (TPSA) is 105 Å². The molecule has 1 unspecified atom stereocenters. The Balaban J connectivity index is 1.65. The van der Waals surface area contributed by atoms with Crippen molar-refractivity contribution < 1.29 is 24.2 Å². The number of fused-ring (bicyclic) bond motifs is 3. The fourth-order valence-corrected chi connectivity index (χ4v) is 4.29. The molecule has 3 N–H and O–H groups in total. The van der Waals surface area contributed by atoms with Gasteiger partial charge in [0.1, 0.15) is 12.1 Å². The van der Waals surface area contributed by atoms with E-state index in [0.717, 1.165) is 28.7 Å².